The Labute approximate surface area is 246 Å². The first-order chi connectivity index (χ1) is 19.4. The molecule has 0 radical (unpaired) electrons. The highest BCUT2D eigenvalue weighted by atomic mass is 79.9. The molecule has 0 spiro atoms. The van der Waals surface area contributed by atoms with E-state index in [1.807, 2.05) is 60.2 Å². The molecule has 41 heavy (non-hydrogen) atoms. The Morgan fingerprint density at radius 3 is 2.05 bits per heavy atom. The van der Waals surface area contributed by atoms with Crippen molar-refractivity contribution in [3.63, 3.8) is 0 Å². The summed E-state index contributed by atoms with van der Waals surface area (Å²) in [6.45, 7) is 6.57. The second-order valence-corrected chi connectivity index (χ2v) is 10.8. The van der Waals surface area contributed by atoms with Gasteiger partial charge in [0.2, 0.25) is 0 Å². The molecule has 0 N–H and O–H groups in total. The van der Waals surface area contributed by atoms with E-state index in [1.165, 1.54) is 27.7 Å². The molecule has 3 aromatic rings. The maximum atomic E-state index is 12.3. The van der Waals surface area contributed by atoms with Crippen molar-refractivity contribution in [1.29, 1.82) is 0 Å². The molecule has 2 heterocycles. The smallest absolute Gasteiger partial charge is 0.303 e. The molecule has 0 saturated carbocycles. The number of aromatic nitrogens is 1. The van der Waals surface area contributed by atoms with E-state index >= 15 is 0 Å². The number of fused-ring (bicyclic) bond motifs is 1. The Kier molecular flexibility index (Phi) is 9.49. The number of aryl methyl sites for hydroxylation is 1. The Morgan fingerprint density at radius 2 is 1.44 bits per heavy atom. The van der Waals surface area contributed by atoms with Crippen LogP contribution in [0.1, 0.15) is 50.6 Å². The van der Waals surface area contributed by atoms with Crippen LogP contribution in [0.25, 0.3) is 10.9 Å². The molecule has 4 rings (SSSR count). The average Bonchev–Trinajstić information content (AvgIpc) is 3.25. The van der Waals surface area contributed by atoms with E-state index < -0.39 is 54.5 Å². The maximum absolute atomic E-state index is 12.3. The number of rotatable bonds is 8. The third kappa shape index (κ3) is 7.15. The molecule has 5 unspecified atom stereocenters. The third-order valence-corrected chi connectivity index (χ3v) is 7.22. The molecule has 0 aliphatic carbocycles. The number of esters is 4. The van der Waals surface area contributed by atoms with Gasteiger partial charge >= 0.3 is 23.9 Å². The van der Waals surface area contributed by atoms with E-state index in [2.05, 4.69) is 15.9 Å². The standard InChI is InChI=1S/C30H32BrNO9/c1-16-7-6-8-24-26(16)22(13-21-9-11-23(31)12-10-21)14-32(24)30-29(40-20(5)36)28(39-19(4)35)27(38-18(3)34)25(41-30)15-37-17(2)33/h6-12,14,25,27-30H,13,15H2,1-5H3. The highest BCUT2D eigenvalue weighted by Gasteiger charge is 2.53. The second-order valence-electron chi connectivity index (χ2n) is 9.92. The van der Waals surface area contributed by atoms with Crippen molar-refractivity contribution < 1.29 is 42.9 Å². The minimum Gasteiger partial charge on any atom is -0.463 e. The SMILES string of the molecule is CC(=O)OCC1OC(n2cc(Cc3ccc(Br)cc3)c3c(C)cccc32)C(OC(C)=O)C(OC(C)=O)C1OC(C)=O. The van der Waals surface area contributed by atoms with Gasteiger partial charge in [0.15, 0.2) is 24.5 Å². The molecule has 1 fully saturated rings. The zero-order valence-electron chi connectivity index (χ0n) is 23.4. The minimum atomic E-state index is -1.25. The zero-order chi connectivity index (χ0) is 29.8. The summed E-state index contributed by atoms with van der Waals surface area (Å²) in [4.78, 5) is 48.3. The molecule has 5 atom stereocenters. The number of benzene rings is 2. The number of halogens is 1. The molecule has 1 aliphatic heterocycles. The van der Waals surface area contributed by atoms with E-state index in [-0.39, 0.29) is 6.61 Å². The molecule has 218 valence electrons. The van der Waals surface area contributed by atoms with Gasteiger partial charge in [-0.3, -0.25) is 19.2 Å². The van der Waals surface area contributed by atoms with Crippen molar-refractivity contribution in [1.82, 2.24) is 4.57 Å². The summed E-state index contributed by atoms with van der Waals surface area (Å²) >= 11 is 3.47. The Hall–Kier alpha value is -3.70. The maximum Gasteiger partial charge on any atom is 0.303 e. The summed E-state index contributed by atoms with van der Waals surface area (Å²) in [6, 6.07) is 13.8. The number of carbonyl (C=O) groups excluding carboxylic acids is 4. The van der Waals surface area contributed by atoms with Gasteiger partial charge in [-0.2, -0.15) is 0 Å². The first-order valence-electron chi connectivity index (χ1n) is 13.1. The van der Waals surface area contributed by atoms with E-state index in [0.717, 1.165) is 32.1 Å². The van der Waals surface area contributed by atoms with Crippen molar-refractivity contribution in [2.75, 3.05) is 6.61 Å². The number of hydrogen-bond acceptors (Lipinski definition) is 9. The lowest BCUT2D eigenvalue weighted by atomic mass is 9.97. The highest BCUT2D eigenvalue weighted by molar-refractivity contribution is 9.10. The predicted molar refractivity (Wildman–Crippen MR) is 151 cm³/mol. The van der Waals surface area contributed by atoms with Crippen LogP contribution >= 0.6 is 15.9 Å². The van der Waals surface area contributed by atoms with Crippen LogP contribution in [-0.2, 0) is 49.3 Å². The molecular formula is C30H32BrNO9. The summed E-state index contributed by atoms with van der Waals surface area (Å²) in [7, 11) is 0. The molecule has 1 aromatic heterocycles. The van der Waals surface area contributed by atoms with Gasteiger partial charge in [0.1, 0.15) is 12.7 Å². The van der Waals surface area contributed by atoms with Gasteiger partial charge in [-0.1, -0.05) is 40.2 Å². The molecular weight excluding hydrogens is 598 g/mol. The summed E-state index contributed by atoms with van der Waals surface area (Å²) in [6.07, 6.45) is -3.22. The van der Waals surface area contributed by atoms with Crippen LogP contribution in [0.2, 0.25) is 0 Å². The normalized spacial score (nSPS) is 22.1. The highest BCUT2D eigenvalue weighted by Crippen LogP contribution is 2.38. The number of ether oxygens (including phenoxy) is 5. The van der Waals surface area contributed by atoms with E-state index in [0.29, 0.717) is 6.42 Å². The van der Waals surface area contributed by atoms with Crippen molar-refractivity contribution in [3.8, 4) is 0 Å². The molecule has 1 saturated heterocycles. The molecule has 11 heteroatoms. The topological polar surface area (TPSA) is 119 Å². The Morgan fingerprint density at radius 1 is 0.829 bits per heavy atom. The fourth-order valence-electron chi connectivity index (χ4n) is 5.18. The molecule has 2 aromatic carbocycles. The summed E-state index contributed by atoms with van der Waals surface area (Å²) in [5, 5.41) is 0.989. The number of nitrogens with zero attached hydrogens (tertiary/aromatic N) is 1. The van der Waals surface area contributed by atoms with Crippen LogP contribution < -0.4 is 0 Å². The lowest BCUT2D eigenvalue weighted by molar-refractivity contribution is -0.267. The van der Waals surface area contributed by atoms with Crippen molar-refractivity contribution in [2.45, 2.75) is 71.7 Å². The van der Waals surface area contributed by atoms with E-state index in [4.69, 9.17) is 23.7 Å². The van der Waals surface area contributed by atoms with Crippen molar-refractivity contribution in [2.24, 2.45) is 0 Å². The lowest BCUT2D eigenvalue weighted by Crippen LogP contribution is -2.60. The second kappa shape index (κ2) is 12.9. The van der Waals surface area contributed by atoms with Crippen LogP contribution in [-0.4, -0.2) is 59.5 Å². The zero-order valence-corrected chi connectivity index (χ0v) is 25.0. The fourth-order valence-corrected chi connectivity index (χ4v) is 5.45. The summed E-state index contributed by atoms with van der Waals surface area (Å²) in [5.41, 5.74) is 3.89. The first kappa shape index (κ1) is 30.3. The van der Waals surface area contributed by atoms with Crippen LogP contribution in [0.5, 0.6) is 0 Å². The molecule has 0 bridgehead atoms. The van der Waals surface area contributed by atoms with E-state index in [1.54, 1.807) is 0 Å². The Bertz CT molecular complexity index is 1450. The van der Waals surface area contributed by atoms with Crippen LogP contribution in [0.3, 0.4) is 0 Å². The van der Waals surface area contributed by atoms with Crippen LogP contribution in [0, 0.1) is 6.92 Å². The van der Waals surface area contributed by atoms with Gasteiger partial charge in [-0.05, 0) is 48.2 Å². The minimum absolute atomic E-state index is 0.293. The third-order valence-electron chi connectivity index (χ3n) is 6.69. The molecule has 10 nitrogen and oxygen atoms in total. The van der Waals surface area contributed by atoms with Gasteiger partial charge < -0.3 is 28.3 Å². The van der Waals surface area contributed by atoms with Gasteiger partial charge in [0, 0.05) is 43.8 Å². The quantitative estimate of drug-likeness (QED) is 0.261. The number of hydrogen-bond donors (Lipinski definition) is 0. The summed E-state index contributed by atoms with van der Waals surface area (Å²) in [5.74, 6) is -2.58. The van der Waals surface area contributed by atoms with Gasteiger partial charge in [-0.15, -0.1) is 0 Å². The van der Waals surface area contributed by atoms with Gasteiger partial charge in [0.05, 0.1) is 5.52 Å². The lowest BCUT2D eigenvalue weighted by Gasteiger charge is -2.44. The van der Waals surface area contributed by atoms with Gasteiger partial charge in [0.25, 0.3) is 0 Å². The van der Waals surface area contributed by atoms with Crippen LogP contribution in [0.4, 0.5) is 0 Å². The predicted octanol–water partition coefficient (Wildman–Crippen LogP) is 4.56. The Balaban J connectivity index is 1.87. The largest absolute Gasteiger partial charge is 0.463 e. The average molecular weight is 630 g/mol. The van der Waals surface area contributed by atoms with Crippen molar-refractivity contribution >= 4 is 50.7 Å². The fraction of sp³-hybridized carbons (Fsp3) is 0.400. The monoisotopic (exact) mass is 629 g/mol. The van der Waals surface area contributed by atoms with E-state index in [9.17, 15) is 19.2 Å². The molecule has 1 aliphatic rings. The number of carbonyl (C=O) groups is 4. The van der Waals surface area contributed by atoms with Crippen molar-refractivity contribution in [3.05, 3.63) is 69.8 Å². The molecule has 0 amide bonds. The first-order valence-corrected chi connectivity index (χ1v) is 13.9. The van der Waals surface area contributed by atoms with Gasteiger partial charge in [-0.25, -0.2) is 0 Å². The van der Waals surface area contributed by atoms with Crippen LogP contribution in [0.15, 0.2) is 53.1 Å². The summed E-state index contributed by atoms with van der Waals surface area (Å²) < 4.78 is 31.3.